The van der Waals surface area contributed by atoms with Crippen LogP contribution >= 0.6 is 21.6 Å². The molecule has 3 aliphatic heterocycles. The molecule has 15 heteroatoms. The van der Waals surface area contributed by atoms with Crippen molar-refractivity contribution in [3.8, 4) is 11.5 Å². The summed E-state index contributed by atoms with van der Waals surface area (Å²) in [4.78, 5) is 12.6. The van der Waals surface area contributed by atoms with Crippen LogP contribution in [0.2, 0.25) is 0 Å². The third-order valence-corrected chi connectivity index (χ3v) is 13.6. The maximum absolute atomic E-state index is 13.2. The molecular weight excluding hydrogens is 679 g/mol. The molecule has 7 N–H and O–H groups in total. The Labute approximate surface area is 291 Å². The normalized spacial score (nSPS) is 40.0. The van der Waals surface area contributed by atoms with Gasteiger partial charge in [-0.3, -0.25) is 4.79 Å². The van der Waals surface area contributed by atoms with Crippen LogP contribution in [0.3, 0.4) is 0 Å². The van der Waals surface area contributed by atoms with Gasteiger partial charge in [-0.25, -0.2) is 0 Å². The van der Waals surface area contributed by atoms with Gasteiger partial charge in [0.1, 0.15) is 23.9 Å². The summed E-state index contributed by atoms with van der Waals surface area (Å²) >= 11 is 0. The molecule has 2 aliphatic carbocycles. The van der Waals surface area contributed by atoms with Crippen molar-refractivity contribution >= 4 is 38.5 Å². The Morgan fingerprint density at radius 1 is 1.14 bits per heavy atom. The van der Waals surface area contributed by atoms with Gasteiger partial charge >= 0.3 is 5.97 Å². The minimum atomic E-state index is -2.51. The third-order valence-electron chi connectivity index (χ3n) is 10.8. The van der Waals surface area contributed by atoms with Gasteiger partial charge < -0.3 is 59.3 Å². The summed E-state index contributed by atoms with van der Waals surface area (Å²) in [5.41, 5.74) is -5.79. The van der Waals surface area contributed by atoms with Crippen LogP contribution in [0.1, 0.15) is 25.3 Å². The molecule has 2 aromatic rings. The van der Waals surface area contributed by atoms with Gasteiger partial charge in [-0.2, -0.15) is 0 Å². The number of carbonyl (C=O) groups excluding carboxylic acids is 1. The molecule has 1 aromatic carbocycles. The summed E-state index contributed by atoms with van der Waals surface area (Å²) in [6.45, 7) is 1.92. The first-order valence-corrected chi connectivity index (χ1v) is 19.1. The molecule has 5 bridgehead atoms. The number of fused-ring (bicyclic) bond motifs is 11. The number of aliphatic hydroxyl groups excluding tert-OH is 4. The molecule has 4 heterocycles. The second kappa shape index (κ2) is 13.3. The summed E-state index contributed by atoms with van der Waals surface area (Å²) in [5.74, 6) is -4.61. The van der Waals surface area contributed by atoms with Crippen molar-refractivity contribution in [2.45, 2.75) is 66.2 Å². The second-order valence-electron chi connectivity index (χ2n) is 13.3. The van der Waals surface area contributed by atoms with E-state index in [9.17, 15) is 35.4 Å². The molecule has 1 spiro atoms. The zero-order valence-electron chi connectivity index (χ0n) is 27.0. The maximum atomic E-state index is 13.2. The molecule has 13 nitrogen and oxygen atoms in total. The number of rotatable bonds is 6. The first-order chi connectivity index (χ1) is 23.6. The zero-order chi connectivity index (χ0) is 34.6. The minimum Gasteiger partial charge on any atom is -0.485 e. The molecule has 0 radical (unpaired) electrons. The lowest BCUT2D eigenvalue weighted by atomic mass is 9.47. The van der Waals surface area contributed by atoms with Gasteiger partial charge in [0.2, 0.25) is 5.75 Å². The molecule has 0 unspecified atom stereocenters. The fourth-order valence-corrected chi connectivity index (χ4v) is 11.2. The molecule has 268 valence electrons. The molecule has 10 atom stereocenters. The Kier molecular flexibility index (Phi) is 9.56. The van der Waals surface area contributed by atoms with E-state index in [-0.39, 0.29) is 44.0 Å². The van der Waals surface area contributed by atoms with Gasteiger partial charge in [0.25, 0.3) is 5.79 Å². The Morgan fingerprint density at radius 2 is 1.98 bits per heavy atom. The van der Waals surface area contributed by atoms with Gasteiger partial charge in [0.05, 0.1) is 30.8 Å². The lowest BCUT2D eigenvalue weighted by molar-refractivity contribution is -0.450. The van der Waals surface area contributed by atoms with Crippen LogP contribution in [0.15, 0.2) is 47.1 Å². The van der Waals surface area contributed by atoms with Gasteiger partial charge in [-0.15, -0.1) is 0 Å². The number of carbonyl (C=O) groups is 1. The number of esters is 1. The van der Waals surface area contributed by atoms with E-state index in [2.05, 4.69) is 5.32 Å². The van der Waals surface area contributed by atoms with Crippen LogP contribution in [0.5, 0.6) is 11.5 Å². The van der Waals surface area contributed by atoms with Crippen molar-refractivity contribution < 1.29 is 58.8 Å². The van der Waals surface area contributed by atoms with E-state index in [1.165, 1.54) is 40.0 Å². The van der Waals surface area contributed by atoms with Crippen molar-refractivity contribution in [1.29, 1.82) is 0 Å². The number of allylic oxidation sites excluding steroid dienone is 1. The molecule has 1 aromatic heterocycles. The maximum Gasteiger partial charge on any atom is 0.306 e. The largest absolute Gasteiger partial charge is 0.485 e. The Bertz CT molecular complexity index is 1620. The Balaban J connectivity index is 1.48. The number of ether oxygens (including phenoxy) is 4. The average Bonchev–Trinajstić information content (AvgIpc) is 3.56. The van der Waals surface area contributed by atoms with Crippen LogP contribution in [0.4, 0.5) is 0 Å². The van der Waals surface area contributed by atoms with Gasteiger partial charge in [0, 0.05) is 49.1 Å². The highest BCUT2D eigenvalue weighted by molar-refractivity contribution is 8.77. The number of benzene rings is 1. The Morgan fingerprint density at radius 3 is 2.76 bits per heavy atom. The lowest BCUT2D eigenvalue weighted by Crippen LogP contribution is -2.90. The molecule has 49 heavy (non-hydrogen) atoms. The summed E-state index contributed by atoms with van der Waals surface area (Å²) in [7, 11) is 2.87. The quantitative estimate of drug-likeness (QED) is 0.127. The number of aryl methyl sites for hydroxylation is 1. The van der Waals surface area contributed by atoms with Crippen LogP contribution in [-0.4, -0.2) is 122 Å². The Hall–Kier alpha value is -2.31. The minimum absolute atomic E-state index is 0.0182. The monoisotopic (exact) mass is 721 g/mol. The van der Waals surface area contributed by atoms with E-state index in [1.807, 2.05) is 0 Å². The predicted molar refractivity (Wildman–Crippen MR) is 180 cm³/mol. The highest BCUT2D eigenvalue weighted by Crippen LogP contribution is 2.66. The van der Waals surface area contributed by atoms with Crippen molar-refractivity contribution in [2.75, 3.05) is 45.3 Å². The van der Waals surface area contributed by atoms with E-state index in [4.69, 9.17) is 23.4 Å². The summed E-state index contributed by atoms with van der Waals surface area (Å²) in [6, 6.07) is 3.52. The van der Waals surface area contributed by atoms with Gasteiger partial charge in [0.15, 0.2) is 16.9 Å². The van der Waals surface area contributed by atoms with E-state index >= 15 is 0 Å². The standard InChI is InChI=1S/C34H43NO12S2/c1-2-43-25(39)6-4-19-15-20-8-12-44-27(20)29-28(19)46-33-9-7-24(49-48-14-11-35-10-13-45-29)32(18-37,47-33)31(41)16-21-3-5-23(38)22(17-36)26(21)34(33,42)30(31)40/h3,5,7-9,12,15,21-24,26,30,35-38,40-42H,2,4,6,10-11,13-14,16-18H2,1H3/t21-,22-,23-,24-,26+,30+,31+,32+,33-,34-/m1/s1. The highest BCUT2D eigenvalue weighted by Gasteiger charge is 2.83. The average molecular weight is 722 g/mol. The zero-order valence-corrected chi connectivity index (χ0v) is 28.7. The molecule has 1 saturated carbocycles. The topological polar surface area (TPSA) is 201 Å². The van der Waals surface area contributed by atoms with Crippen molar-refractivity contribution in [3.63, 3.8) is 0 Å². The van der Waals surface area contributed by atoms with Gasteiger partial charge in [-0.1, -0.05) is 39.8 Å². The second-order valence-corrected chi connectivity index (χ2v) is 16.0. The molecular formula is C34H43NO12S2. The molecule has 1 saturated heterocycles. The van der Waals surface area contributed by atoms with Crippen molar-refractivity contribution in [2.24, 2.45) is 17.8 Å². The van der Waals surface area contributed by atoms with Crippen LogP contribution < -0.4 is 14.8 Å². The smallest absolute Gasteiger partial charge is 0.306 e. The summed E-state index contributed by atoms with van der Waals surface area (Å²) < 4.78 is 31.2. The van der Waals surface area contributed by atoms with E-state index in [0.717, 1.165) is 0 Å². The SMILES string of the molecule is CCOC(=O)CCc1cc2ccoc2c2c1O[C@]13C=C[C@@H](SSCCNCCO2)[C@](CO)(O1)[C@]1(O)C[C@H]2C=C[C@@H](O)[C@@H](CO)[C@H]2[C@@]3(O)[C@H]1O. The van der Waals surface area contributed by atoms with Crippen molar-refractivity contribution in [1.82, 2.24) is 5.32 Å². The van der Waals surface area contributed by atoms with Crippen LogP contribution in [0.25, 0.3) is 11.0 Å². The third kappa shape index (κ3) is 5.27. The van der Waals surface area contributed by atoms with Crippen LogP contribution in [-0.2, 0) is 20.7 Å². The number of furan rings is 1. The molecule has 2 fully saturated rings. The van der Waals surface area contributed by atoms with Crippen LogP contribution in [0, 0.1) is 17.8 Å². The molecule has 7 rings (SSSR count). The molecule has 0 amide bonds. The fraction of sp³-hybridized carbons (Fsp3) is 0.618. The van der Waals surface area contributed by atoms with E-state index in [1.54, 1.807) is 31.2 Å². The summed E-state index contributed by atoms with van der Waals surface area (Å²) in [6.07, 6.45) is 4.69. The number of nitrogens with one attached hydrogen (secondary N) is 1. The first-order valence-electron chi connectivity index (χ1n) is 16.7. The number of hydrogen-bond donors (Lipinski definition) is 7. The van der Waals surface area contributed by atoms with E-state index < -0.39 is 77.0 Å². The summed E-state index contributed by atoms with van der Waals surface area (Å²) in [5, 5.41) is 74.3. The van der Waals surface area contributed by atoms with Crippen molar-refractivity contribution in [3.05, 3.63) is 48.3 Å². The van der Waals surface area contributed by atoms with Gasteiger partial charge in [-0.05, 0) is 49.5 Å². The first kappa shape index (κ1) is 35.1. The van der Waals surface area contributed by atoms with E-state index in [0.29, 0.717) is 35.4 Å². The molecule has 5 aliphatic rings. The highest BCUT2D eigenvalue weighted by atomic mass is 33.1. The fourth-order valence-electron chi connectivity index (χ4n) is 8.51. The number of aliphatic hydroxyl groups is 6. The number of hydrogen-bond acceptors (Lipinski definition) is 15. The lowest BCUT2D eigenvalue weighted by Gasteiger charge is -2.71. The predicted octanol–water partition coefficient (Wildman–Crippen LogP) is 1.07.